The topological polar surface area (TPSA) is 68.1 Å². The smallest absolute Gasteiger partial charge is 0.271 e. The van der Waals surface area contributed by atoms with Crippen LogP contribution in [0.3, 0.4) is 0 Å². The number of pyridine rings is 1. The van der Waals surface area contributed by atoms with Crippen molar-refractivity contribution in [2.75, 3.05) is 5.32 Å². The number of halogens is 2. The van der Waals surface area contributed by atoms with Gasteiger partial charge in [-0.25, -0.2) is 4.39 Å². The summed E-state index contributed by atoms with van der Waals surface area (Å²) in [7, 11) is 0. The van der Waals surface area contributed by atoms with Crippen LogP contribution in [0.2, 0.25) is 5.02 Å². The van der Waals surface area contributed by atoms with Crippen LogP contribution in [-0.2, 0) is 0 Å². The van der Waals surface area contributed by atoms with Gasteiger partial charge in [-0.3, -0.25) is 15.1 Å². The van der Waals surface area contributed by atoms with Crippen molar-refractivity contribution in [3.05, 3.63) is 63.2 Å². The summed E-state index contributed by atoms with van der Waals surface area (Å²) < 4.78 is 12.8. The molecule has 2 rings (SSSR count). The maximum Gasteiger partial charge on any atom is 0.271 e. The Hall–Kier alpha value is -2.21. The molecule has 0 amide bonds. The van der Waals surface area contributed by atoms with Crippen LogP contribution in [0.5, 0.6) is 0 Å². The lowest BCUT2D eigenvalue weighted by atomic mass is 10.2. The van der Waals surface area contributed by atoms with Crippen LogP contribution < -0.4 is 5.32 Å². The molecule has 7 heteroatoms. The van der Waals surface area contributed by atoms with Crippen molar-refractivity contribution in [1.82, 2.24) is 4.98 Å². The number of hydrogen-bond donors (Lipinski definition) is 1. The summed E-state index contributed by atoms with van der Waals surface area (Å²) in [6.45, 7) is 1.80. The molecule has 1 aromatic heterocycles. The number of anilines is 1. The summed E-state index contributed by atoms with van der Waals surface area (Å²) in [4.78, 5) is 14.2. The molecule has 0 fully saturated rings. The van der Waals surface area contributed by atoms with Crippen molar-refractivity contribution in [2.24, 2.45) is 0 Å². The molecule has 0 spiro atoms. The molecule has 0 aliphatic carbocycles. The summed E-state index contributed by atoms with van der Waals surface area (Å²) in [6.07, 6.45) is 1.11. The second kappa shape index (κ2) is 5.83. The molecular weight excluding hydrogens is 285 g/mol. The number of benzene rings is 1. The quantitative estimate of drug-likeness (QED) is 0.685. The van der Waals surface area contributed by atoms with Crippen molar-refractivity contribution in [2.45, 2.75) is 13.0 Å². The van der Waals surface area contributed by atoms with Crippen LogP contribution >= 0.6 is 11.6 Å². The minimum Gasteiger partial charge on any atom is -0.376 e. The Bertz CT molecular complexity index is 634. The van der Waals surface area contributed by atoms with Crippen molar-refractivity contribution >= 4 is 23.0 Å². The van der Waals surface area contributed by atoms with E-state index in [-0.39, 0.29) is 11.7 Å². The van der Waals surface area contributed by atoms with Crippen LogP contribution in [0.1, 0.15) is 18.7 Å². The number of aromatic nitrogens is 1. The number of nitrogens with zero attached hydrogens (tertiary/aromatic N) is 2. The Morgan fingerprint density at radius 1 is 1.40 bits per heavy atom. The number of nitro benzene ring substituents is 1. The molecule has 0 aliphatic heterocycles. The van der Waals surface area contributed by atoms with Crippen LogP contribution in [-0.4, -0.2) is 9.91 Å². The molecule has 0 saturated carbocycles. The van der Waals surface area contributed by atoms with Gasteiger partial charge in [-0.15, -0.1) is 0 Å². The van der Waals surface area contributed by atoms with Crippen LogP contribution in [0, 0.1) is 15.9 Å². The van der Waals surface area contributed by atoms with E-state index in [1.807, 2.05) is 0 Å². The zero-order chi connectivity index (χ0) is 14.7. The molecule has 0 bridgehead atoms. The number of nitro groups is 1. The second-order valence-corrected chi connectivity index (χ2v) is 4.60. The third-order valence-electron chi connectivity index (χ3n) is 2.73. The fourth-order valence-electron chi connectivity index (χ4n) is 1.69. The third kappa shape index (κ3) is 3.21. The number of hydrogen-bond acceptors (Lipinski definition) is 4. The van der Waals surface area contributed by atoms with E-state index >= 15 is 0 Å². The van der Waals surface area contributed by atoms with E-state index < -0.39 is 10.7 Å². The van der Waals surface area contributed by atoms with E-state index in [2.05, 4.69) is 10.3 Å². The molecule has 1 heterocycles. The van der Waals surface area contributed by atoms with E-state index in [0.29, 0.717) is 16.4 Å². The van der Waals surface area contributed by atoms with Gasteiger partial charge in [-0.05, 0) is 25.1 Å². The summed E-state index contributed by atoms with van der Waals surface area (Å²) in [5.74, 6) is -0.422. The van der Waals surface area contributed by atoms with E-state index in [4.69, 9.17) is 11.6 Å². The minimum atomic E-state index is -0.498. The molecule has 1 atom stereocenters. The van der Waals surface area contributed by atoms with Gasteiger partial charge in [0, 0.05) is 12.1 Å². The average molecular weight is 296 g/mol. The predicted octanol–water partition coefficient (Wildman–Crippen LogP) is 3.96. The number of rotatable bonds is 4. The van der Waals surface area contributed by atoms with E-state index in [9.17, 15) is 14.5 Å². The lowest BCUT2D eigenvalue weighted by Crippen LogP contribution is -2.09. The minimum absolute atomic E-state index is 0.0591. The summed E-state index contributed by atoms with van der Waals surface area (Å²) in [6, 6.07) is 6.70. The van der Waals surface area contributed by atoms with Gasteiger partial charge in [0.1, 0.15) is 5.82 Å². The van der Waals surface area contributed by atoms with Gasteiger partial charge >= 0.3 is 0 Å². The van der Waals surface area contributed by atoms with E-state index in [0.717, 1.165) is 6.20 Å². The van der Waals surface area contributed by atoms with Crippen LogP contribution in [0.4, 0.5) is 15.8 Å². The molecule has 5 nitrogen and oxygen atoms in total. The first-order chi connectivity index (χ1) is 9.47. The fourth-order valence-corrected chi connectivity index (χ4v) is 1.86. The van der Waals surface area contributed by atoms with Gasteiger partial charge in [-0.2, -0.15) is 0 Å². The second-order valence-electron chi connectivity index (χ2n) is 4.19. The lowest BCUT2D eigenvalue weighted by molar-refractivity contribution is -0.384. The standard InChI is InChI=1S/C13H11ClFN3O2/c1-8(12-5-2-9(15)7-16-12)17-13-6-10(18(19)20)3-4-11(13)14/h2-8,17H,1H3. The SMILES string of the molecule is CC(Nc1cc([N+](=O)[O-])ccc1Cl)c1ccc(F)cn1. The van der Waals surface area contributed by atoms with Gasteiger partial charge in [0.05, 0.1) is 33.6 Å². The van der Waals surface area contributed by atoms with Crippen molar-refractivity contribution in [3.8, 4) is 0 Å². The molecule has 20 heavy (non-hydrogen) atoms. The molecule has 0 radical (unpaired) electrons. The fraction of sp³-hybridized carbons (Fsp3) is 0.154. The average Bonchev–Trinajstić information content (AvgIpc) is 2.41. The Morgan fingerprint density at radius 2 is 2.15 bits per heavy atom. The summed E-state index contributed by atoms with van der Waals surface area (Å²) >= 11 is 5.99. The highest BCUT2D eigenvalue weighted by molar-refractivity contribution is 6.33. The Kier molecular flexibility index (Phi) is 4.14. The summed E-state index contributed by atoms with van der Waals surface area (Å²) in [5, 5.41) is 14.1. The van der Waals surface area contributed by atoms with E-state index in [1.165, 1.54) is 30.3 Å². The highest BCUT2D eigenvalue weighted by Gasteiger charge is 2.13. The predicted molar refractivity (Wildman–Crippen MR) is 74.3 cm³/mol. The Morgan fingerprint density at radius 3 is 2.75 bits per heavy atom. The summed E-state index contributed by atoms with van der Waals surface area (Å²) in [5.41, 5.74) is 0.977. The number of non-ortho nitro benzene ring substituents is 1. The van der Waals surface area contributed by atoms with Crippen LogP contribution in [0.15, 0.2) is 36.5 Å². The maximum atomic E-state index is 12.8. The molecule has 2 aromatic rings. The van der Waals surface area contributed by atoms with Crippen molar-refractivity contribution < 1.29 is 9.31 Å². The first kappa shape index (κ1) is 14.2. The highest BCUT2D eigenvalue weighted by Crippen LogP contribution is 2.29. The lowest BCUT2D eigenvalue weighted by Gasteiger charge is -2.15. The highest BCUT2D eigenvalue weighted by atomic mass is 35.5. The van der Waals surface area contributed by atoms with Crippen molar-refractivity contribution in [1.29, 1.82) is 0 Å². The molecule has 0 aliphatic rings. The molecular formula is C13H11ClFN3O2. The van der Waals surface area contributed by atoms with Gasteiger partial charge < -0.3 is 5.32 Å². The Labute approximate surface area is 119 Å². The van der Waals surface area contributed by atoms with Gasteiger partial charge in [0.25, 0.3) is 5.69 Å². The maximum absolute atomic E-state index is 12.8. The molecule has 1 aromatic carbocycles. The van der Waals surface area contributed by atoms with Crippen molar-refractivity contribution in [3.63, 3.8) is 0 Å². The normalized spacial score (nSPS) is 11.9. The zero-order valence-electron chi connectivity index (χ0n) is 10.5. The molecule has 1 unspecified atom stereocenters. The first-order valence-corrected chi connectivity index (χ1v) is 6.17. The zero-order valence-corrected chi connectivity index (χ0v) is 11.3. The molecule has 1 N–H and O–H groups in total. The molecule has 104 valence electrons. The first-order valence-electron chi connectivity index (χ1n) is 5.79. The number of nitrogens with one attached hydrogen (secondary N) is 1. The van der Waals surface area contributed by atoms with Gasteiger partial charge in [0.2, 0.25) is 0 Å². The van der Waals surface area contributed by atoms with Gasteiger partial charge in [-0.1, -0.05) is 11.6 Å². The van der Waals surface area contributed by atoms with Crippen LogP contribution in [0.25, 0.3) is 0 Å². The molecule has 0 saturated heterocycles. The van der Waals surface area contributed by atoms with Gasteiger partial charge in [0.15, 0.2) is 0 Å². The largest absolute Gasteiger partial charge is 0.376 e. The third-order valence-corrected chi connectivity index (χ3v) is 3.06. The monoisotopic (exact) mass is 295 g/mol. The van der Waals surface area contributed by atoms with E-state index in [1.54, 1.807) is 6.92 Å². The Balaban J connectivity index is 2.22.